The van der Waals surface area contributed by atoms with E-state index in [0.717, 1.165) is 5.56 Å². The monoisotopic (exact) mass is 293 g/mol. The second-order valence-electron chi connectivity index (χ2n) is 4.40. The number of benzene rings is 1. The maximum absolute atomic E-state index is 13.3. The van der Waals surface area contributed by atoms with Crippen molar-refractivity contribution < 1.29 is 9.60 Å². The fourth-order valence-corrected chi connectivity index (χ4v) is 2.66. The minimum Gasteiger partial charge on any atom is -0.409 e. The van der Waals surface area contributed by atoms with Crippen molar-refractivity contribution in [1.82, 2.24) is 5.32 Å². The smallest absolute Gasteiger partial charge is 0.170 e. The van der Waals surface area contributed by atoms with Gasteiger partial charge in [-0.05, 0) is 36.1 Å². The number of halogens is 1. The van der Waals surface area contributed by atoms with E-state index in [2.05, 4.69) is 23.5 Å². The van der Waals surface area contributed by atoms with Gasteiger partial charge in [-0.3, -0.25) is 0 Å². The summed E-state index contributed by atoms with van der Waals surface area (Å²) in [5, 5.41) is 17.0. The molecule has 0 amide bonds. The zero-order chi connectivity index (χ0) is 14.5. The molecular weight excluding hydrogens is 277 g/mol. The van der Waals surface area contributed by atoms with Gasteiger partial charge in [-0.1, -0.05) is 17.3 Å². The van der Waals surface area contributed by atoms with Gasteiger partial charge >= 0.3 is 0 Å². The molecule has 0 aliphatic carbocycles. The van der Waals surface area contributed by atoms with E-state index in [0.29, 0.717) is 12.1 Å². The van der Waals surface area contributed by atoms with Crippen LogP contribution in [0, 0.1) is 5.82 Å². The maximum Gasteiger partial charge on any atom is 0.170 e. The quantitative estimate of drug-likeness (QED) is 0.343. The Labute approximate surface area is 120 Å². The van der Waals surface area contributed by atoms with Crippen molar-refractivity contribution in [3.63, 3.8) is 0 Å². The summed E-state index contributed by atoms with van der Waals surface area (Å²) in [6.45, 7) is 2.56. The zero-order valence-corrected chi connectivity index (χ0v) is 11.8. The third-order valence-electron chi connectivity index (χ3n) is 3.02. The van der Waals surface area contributed by atoms with E-state index in [1.54, 1.807) is 17.4 Å². The van der Waals surface area contributed by atoms with Crippen molar-refractivity contribution in [2.24, 2.45) is 10.9 Å². The Kier molecular flexibility index (Phi) is 4.70. The van der Waals surface area contributed by atoms with Crippen molar-refractivity contribution >= 4 is 17.2 Å². The molecule has 2 aromatic rings. The van der Waals surface area contributed by atoms with E-state index in [9.17, 15) is 4.39 Å². The number of nitrogens with two attached hydrogens (primary N) is 1. The Morgan fingerprint density at radius 3 is 2.95 bits per heavy atom. The van der Waals surface area contributed by atoms with Crippen LogP contribution in [0.1, 0.15) is 29.0 Å². The second-order valence-corrected chi connectivity index (χ2v) is 5.38. The van der Waals surface area contributed by atoms with Gasteiger partial charge < -0.3 is 16.3 Å². The van der Waals surface area contributed by atoms with Crippen LogP contribution in [0.3, 0.4) is 0 Å². The molecule has 1 heterocycles. The summed E-state index contributed by atoms with van der Waals surface area (Å²) in [7, 11) is 0. The fraction of sp³-hybridized carbons (Fsp3) is 0.214. The molecule has 1 aromatic carbocycles. The number of hydrogen-bond donors (Lipinski definition) is 3. The normalized spacial score (nSPS) is 13.4. The SMILES string of the molecule is C[C@@H](NCc1ccc(F)cc1/C(N)=N/O)c1cccs1. The summed E-state index contributed by atoms with van der Waals surface area (Å²) in [5.41, 5.74) is 6.76. The Morgan fingerprint density at radius 1 is 1.50 bits per heavy atom. The molecule has 6 heteroatoms. The highest BCUT2D eigenvalue weighted by Crippen LogP contribution is 2.19. The summed E-state index contributed by atoms with van der Waals surface area (Å²) in [6, 6.07) is 8.50. The van der Waals surface area contributed by atoms with Gasteiger partial charge in [-0.15, -0.1) is 11.3 Å². The molecule has 0 saturated carbocycles. The first-order valence-corrected chi connectivity index (χ1v) is 7.03. The van der Waals surface area contributed by atoms with Gasteiger partial charge in [0, 0.05) is 23.0 Å². The highest BCUT2D eigenvalue weighted by Gasteiger charge is 2.11. The lowest BCUT2D eigenvalue weighted by Crippen LogP contribution is -2.22. The lowest BCUT2D eigenvalue weighted by molar-refractivity contribution is 0.318. The highest BCUT2D eigenvalue weighted by molar-refractivity contribution is 7.10. The molecular formula is C14H16FN3OS. The third-order valence-corrected chi connectivity index (χ3v) is 4.08. The fourth-order valence-electron chi connectivity index (χ4n) is 1.90. The highest BCUT2D eigenvalue weighted by atomic mass is 32.1. The van der Waals surface area contributed by atoms with Crippen molar-refractivity contribution in [3.05, 3.63) is 57.5 Å². The first-order valence-electron chi connectivity index (χ1n) is 6.15. The molecule has 0 spiro atoms. The van der Waals surface area contributed by atoms with Gasteiger partial charge in [0.15, 0.2) is 5.84 Å². The largest absolute Gasteiger partial charge is 0.409 e. The van der Waals surface area contributed by atoms with Crippen LogP contribution in [-0.2, 0) is 6.54 Å². The number of nitrogens with one attached hydrogen (secondary N) is 1. The summed E-state index contributed by atoms with van der Waals surface area (Å²) >= 11 is 1.67. The Balaban J connectivity index is 2.13. The Morgan fingerprint density at radius 2 is 2.30 bits per heavy atom. The van der Waals surface area contributed by atoms with E-state index >= 15 is 0 Å². The number of hydrogen-bond acceptors (Lipinski definition) is 4. The topological polar surface area (TPSA) is 70.6 Å². The molecule has 0 unspecified atom stereocenters. The zero-order valence-electron chi connectivity index (χ0n) is 11.0. The van der Waals surface area contributed by atoms with Crippen molar-refractivity contribution in [3.8, 4) is 0 Å². The summed E-state index contributed by atoms with van der Waals surface area (Å²) in [5.74, 6) is -0.508. The number of nitrogens with zero attached hydrogens (tertiary/aromatic N) is 1. The van der Waals surface area contributed by atoms with E-state index in [-0.39, 0.29) is 11.9 Å². The first kappa shape index (κ1) is 14.5. The molecule has 0 fully saturated rings. The van der Waals surface area contributed by atoms with Crippen LogP contribution in [0.25, 0.3) is 0 Å². The van der Waals surface area contributed by atoms with E-state index < -0.39 is 5.82 Å². The number of rotatable bonds is 5. The Bertz CT molecular complexity index is 598. The van der Waals surface area contributed by atoms with Crippen LogP contribution >= 0.6 is 11.3 Å². The van der Waals surface area contributed by atoms with Crippen LogP contribution in [0.2, 0.25) is 0 Å². The van der Waals surface area contributed by atoms with Crippen molar-refractivity contribution in [1.29, 1.82) is 0 Å². The lowest BCUT2D eigenvalue weighted by atomic mass is 10.1. The summed E-state index contributed by atoms with van der Waals surface area (Å²) < 4.78 is 13.3. The molecule has 4 N–H and O–H groups in total. The predicted molar refractivity (Wildman–Crippen MR) is 78.5 cm³/mol. The van der Waals surface area contributed by atoms with Gasteiger partial charge in [-0.2, -0.15) is 0 Å². The number of oxime groups is 1. The molecule has 0 bridgehead atoms. The standard InChI is InChI=1S/C14H16FN3OS/c1-9(13-3-2-6-20-13)17-8-10-4-5-11(15)7-12(10)14(16)18-19/h2-7,9,17,19H,8H2,1H3,(H2,16,18)/t9-/m1/s1. The van der Waals surface area contributed by atoms with Crippen LogP contribution in [0.5, 0.6) is 0 Å². The second kappa shape index (κ2) is 6.49. The molecule has 0 aliphatic rings. The van der Waals surface area contributed by atoms with Crippen LogP contribution in [0.4, 0.5) is 4.39 Å². The average molecular weight is 293 g/mol. The Hall–Kier alpha value is -1.92. The molecule has 1 atom stereocenters. The average Bonchev–Trinajstić information content (AvgIpc) is 2.99. The molecule has 0 saturated heterocycles. The molecule has 1 aromatic heterocycles. The molecule has 106 valence electrons. The van der Waals surface area contributed by atoms with E-state index in [4.69, 9.17) is 10.9 Å². The number of amidine groups is 1. The van der Waals surface area contributed by atoms with E-state index in [1.165, 1.54) is 17.0 Å². The van der Waals surface area contributed by atoms with Crippen molar-refractivity contribution in [2.75, 3.05) is 0 Å². The molecule has 0 radical (unpaired) electrons. The van der Waals surface area contributed by atoms with Crippen LogP contribution in [-0.4, -0.2) is 11.0 Å². The maximum atomic E-state index is 13.3. The van der Waals surface area contributed by atoms with Crippen LogP contribution in [0.15, 0.2) is 40.9 Å². The van der Waals surface area contributed by atoms with Gasteiger partial charge in [0.1, 0.15) is 5.82 Å². The van der Waals surface area contributed by atoms with E-state index in [1.807, 2.05) is 11.4 Å². The molecule has 20 heavy (non-hydrogen) atoms. The van der Waals surface area contributed by atoms with Crippen molar-refractivity contribution in [2.45, 2.75) is 19.5 Å². The van der Waals surface area contributed by atoms with Crippen LogP contribution < -0.4 is 11.1 Å². The first-order chi connectivity index (χ1) is 9.61. The molecule has 2 rings (SSSR count). The minimum absolute atomic E-state index is 0.0925. The summed E-state index contributed by atoms with van der Waals surface area (Å²) in [6.07, 6.45) is 0. The van der Waals surface area contributed by atoms with Gasteiger partial charge in [0.05, 0.1) is 0 Å². The molecule has 4 nitrogen and oxygen atoms in total. The van der Waals surface area contributed by atoms with Gasteiger partial charge in [0.2, 0.25) is 0 Å². The van der Waals surface area contributed by atoms with Gasteiger partial charge in [0.25, 0.3) is 0 Å². The predicted octanol–water partition coefficient (Wildman–Crippen LogP) is 2.83. The minimum atomic E-state index is -0.415. The third kappa shape index (κ3) is 3.34. The molecule has 0 aliphatic heterocycles. The number of thiophene rings is 1. The summed E-state index contributed by atoms with van der Waals surface area (Å²) in [4.78, 5) is 1.22. The lowest BCUT2D eigenvalue weighted by Gasteiger charge is -2.14. The van der Waals surface area contributed by atoms with Gasteiger partial charge in [-0.25, -0.2) is 4.39 Å².